The summed E-state index contributed by atoms with van der Waals surface area (Å²) in [5.74, 6) is -0.171. The van der Waals surface area contributed by atoms with Crippen molar-refractivity contribution in [3.05, 3.63) is 59.2 Å². The molecule has 1 amide bonds. The van der Waals surface area contributed by atoms with Gasteiger partial charge in [0.1, 0.15) is 0 Å². The number of anilines is 1. The molecule has 152 valence electrons. The number of nitrogens with one attached hydrogen (secondary N) is 2. The van der Waals surface area contributed by atoms with Gasteiger partial charge in [-0.05, 0) is 62.2 Å². The molecule has 0 spiro atoms. The van der Waals surface area contributed by atoms with Gasteiger partial charge < -0.3 is 10.2 Å². The van der Waals surface area contributed by atoms with Crippen molar-refractivity contribution in [1.29, 1.82) is 0 Å². The number of rotatable bonds is 5. The molecule has 1 heterocycles. The molecule has 8 heteroatoms. The van der Waals surface area contributed by atoms with E-state index in [2.05, 4.69) is 10.0 Å². The Morgan fingerprint density at radius 2 is 1.93 bits per heavy atom. The average molecular weight is 424 g/mol. The molecule has 2 aromatic carbocycles. The van der Waals surface area contributed by atoms with E-state index in [0.29, 0.717) is 16.8 Å². The highest BCUT2D eigenvalue weighted by molar-refractivity contribution is 7.92. The summed E-state index contributed by atoms with van der Waals surface area (Å²) in [6.45, 7) is 5.27. The fourth-order valence-corrected chi connectivity index (χ4v) is 4.60. The van der Waals surface area contributed by atoms with Crippen molar-refractivity contribution < 1.29 is 13.2 Å². The number of sulfonamides is 1. The Bertz CT molecular complexity index is 957. The van der Waals surface area contributed by atoms with Crippen molar-refractivity contribution >= 4 is 34.0 Å². The van der Waals surface area contributed by atoms with Crippen LogP contribution < -0.4 is 10.0 Å². The zero-order valence-corrected chi connectivity index (χ0v) is 17.9. The van der Waals surface area contributed by atoms with Crippen molar-refractivity contribution in [3.63, 3.8) is 0 Å². The van der Waals surface area contributed by atoms with E-state index in [1.807, 2.05) is 13.0 Å². The Hall–Kier alpha value is -2.09. The van der Waals surface area contributed by atoms with Crippen LogP contribution in [0.5, 0.6) is 0 Å². The monoisotopic (exact) mass is 423 g/mol. The van der Waals surface area contributed by atoms with Crippen molar-refractivity contribution in [2.24, 2.45) is 0 Å². The van der Waals surface area contributed by atoms with Crippen molar-refractivity contribution in [2.75, 3.05) is 24.9 Å². The standard InChI is InChI=1S/C20H25N3O3S.ClH/c1-14-5-4-6-17(11-14)22-27(25,26)19-12-16(8-7-15(19)2)20(24)23(3)18-9-10-21-13-18;/h4-8,11-12,18,21-22H,9-10,13H2,1-3H3;1H. The quantitative estimate of drug-likeness (QED) is 0.774. The summed E-state index contributed by atoms with van der Waals surface area (Å²) in [6, 6.07) is 12.1. The Morgan fingerprint density at radius 3 is 2.57 bits per heavy atom. The van der Waals surface area contributed by atoms with Gasteiger partial charge in [-0.3, -0.25) is 9.52 Å². The van der Waals surface area contributed by atoms with Crippen LogP contribution in [0.1, 0.15) is 27.9 Å². The number of hydrogen-bond acceptors (Lipinski definition) is 4. The molecule has 28 heavy (non-hydrogen) atoms. The number of halogens is 1. The predicted molar refractivity (Wildman–Crippen MR) is 114 cm³/mol. The van der Waals surface area contributed by atoms with Gasteiger partial charge >= 0.3 is 0 Å². The molecule has 1 saturated heterocycles. The maximum atomic E-state index is 12.9. The summed E-state index contributed by atoms with van der Waals surface area (Å²) in [5.41, 5.74) is 2.43. The smallest absolute Gasteiger partial charge is 0.262 e. The third kappa shape index (κ3) is 4.84. The number of nitrogens with zero attached hydrogens (tertiary/aromatic N) is 1. The maximum Gasteiger partial charge on any atom is 0.262 e. The second kappa shape index (κ2) is 8.94. The minimum absolute atomic E-state index is 0. The van der Waals surface area contributed by atoms with Gasteiger partial charge in [-0.15, -0.1) is 12.4 Å². The Labute approximate surface area is 172 Å². The second-order valence-corrected chi connectivity index (χ2v) is 8.67. The Kier molecular flexibility index (Phi) is 7.09. The molecule has 0 aromatic heterocycles. The lowest BCUT2D eigenvalue weighted by atomic mass is 10.1. The van der Waals surface area contributed by atoms with Crippen LogP contribution in [-0.2, 0) is 10.0 Å². The number of amides is 1. The third-order valence-corrected chi connectivity index (χ3v) is 6.42. The van der Waals surface area contributed by atoms with E-state index in [1.165, 1.54) is 6.07 Å². The van der Waals surface area contributed by atoms with Crippen molar-refractivity contribution in [1.82, 2.24) is 10.2 Å². The van der Waals surface area contributed by atoms with Gasteiger partial charge in [0, 0.05) is 30.9 Å². The summed E-state index contributed by atoms with van der Waals surface area (Å²) in [7, 11) is -2.03. The van der Waals surface area contributed by atoms with Gasteiger partial charge in [0.25, 0.3) is 15.9 Å². The van der Waals surface area contributed by atoms with Gasteiger partial charge in [-0.25, -0.2) is 8.42 Å². The van der Waals surface area contributed by atoms with Crippen LogP contribution in [0.2, 0.25) is 0 Å². The first-order valence-corrected chi connectivity index (χ1v) is 10.4. The second-order valence-electron chi connectivity index (χ2n) is 7.02. The van der Waals surface area contributed by atoms with E-state index in [-0.39, 0.29) is 29.3 Å². The molecule has 0 bridgehead atoms. The van der Waals surface area contributed by atoms with Crippen LogP contribution >= 0.6 is 12.4 Å². The number of carbonyl (C=O) groups is 1. The molecule has 1 aliphatic heterocycles. The summed E-state index contributed by atoms with van der Waals surface area (Å²) in [5, 5.41) is 3.24. The molecule has 6 nitrogen and oxygen atoms in total. The summed E-state index contributed by atoms with van der Waals surface area (Å²) in [4.78, 5) is 14.6. The van der Waals surface area contributed by atoms with E-state index < -0.39 is 10.0 Å². The minimum atomic E-state index is -3.79. The average Bonchev–Trinajstić information content (AvgIpc) is 3.15. The molecule has 1 unspecified atom stereocenters. The minimum Gasteiger partial charge on any atom is -0.337 e. The summed E-state index contributed by atoms with van der Waals surface area (Å²) >= 11 is 0. The van der Waals surface area contributed by atoms with E-state index in [0.717, 1.165) is 25.1 Å². The zero-order valence-electron chi connectivity index (χ0n) is 16.2. The van der Waals surface area contributed by atoms with Crippen LogP contribution in [0.3, 0.4) is 0 Å². The fourth-order valence-electron chi connectivity index (χ4n) is 3.28. The van der Waals surface area contributed by atoms with E-state index in [1.54, 1.807) is 49.2 Å². The van der Waals surface area contributed by atoms with Gasteiger partial charge in [0.2, 0.25) is 0 Å². The molecule has 0 saturated carbocycles. The van der Waals surface area contributed by atoms with E-state index in [9.17, 15) is 13.2 Å². The van der Waals surface area contributed by atoms with Crippen LogP contribution in [0.25, 0.3) is 0 Å². The summed E-state index contributed by atoms with van der Waals surface area (Å²) < 4.78 is 28.4. The first-order chi connectivity index (χ1) is 12.8. The maximum absolute atomic E-state index is 12.9. The molecule has 2 aromatic rings. The molecule has 1 aliphatic rings. The first kappa shape index (κ1) is 22.2. The van der Waals surface area contributed by atoms with Gasteiger partial charge in [-0.2, -0.15) is 0 Å². The molecular formula is C20H26ClN3O3S. The molecule has 1 fully saturated rings. The van der Waals surface area contributed by atoms with Crippen molar-refractivity contribution in [3.8, 4) is 0 Å². The molecule has 2 N–H and O–H groups in total. The lowest BCUT2D eigenvalue weighted by Crippen LogP contribution is -2.38. The highest BCUT2D eigenvalue weighted by Gasteiger charge is 2.26. The van der Waals surface area contributed by atoms with Gasteiger partial charge in [0.05, 0.1) is 4.90 Å². The lowest BCUT2D eigenvalue weighted by molar-refractivity contribution is 0.0743. The largest absolute Gasteiger partial charge is 0.337 e. The van der Waals surface area contributed by atoms with Gasteiger partial charge in [0.15, 0.2) is 0 Å². The Balaban J connectivity index is 0.00000280. The number of carbonyl (C=O) groups excluding carboxylic acids is 1. The molecule has 3 rings (SSSR count). The van der Waals surface area contributed by atoms with Crippen LogP contribution in [0, 0.1) is 13.8 Å². The van der Waals surface area contributed by atoms with Crippen molar-refractivity contribution in [2.45, 2.75) is 31.2 Å². The molecular weight excluding hydrogens is 398 g/mol. The highest BCUT2D eigenvalue weighted by Crippen LogP contribution is 2.22. The van der Waals surface area contributed by atoms with Crippen LogP contribution in [-0.4, -0.2) is 45.4 Å². The van der Waals surface area contributed by atoms with E-state index in [4.69, 9.17) is 0 Å². The zero-order chi connectivity index (χ0) is 19.6. The number of aryl methyl sites for hydroxylation is 2. The highest BCUT2D eigenvalue weighted by atomic mass is 35.5. The van der Waals surface area contributed by atoms with E-state index >= 15 is 0 Å². The molecule has 0 radical (unpaired) electrons. The topological polar surface area (TPSA) is 78.5 Å². The van der Waals surface area contributed by atoms with Crippen LogP contribution in [0.15, 0.2) is 47.4 Å². The SMILES string of the molecule is Cc1cccc(NS(=O)(=O)c2cc(C(=O)N(C)C3CCNC3)ccc2C)c1.Cl. The number of benzene rings is 2. The Morgan fingerprint density at radius 1 is 1.18 bits per heavy atom. The van der Waals surface area contributed by atoms with Crippen LogP contribution in [0.4, 0.5) is 5.69 Å². The summed E-state index contributed by atoms with van der Waals surface area (Å²) in [6.07, 6.45) is 0.897. The normalized spacial score (nSPS) is 16.3. The molecule has 1 atom stereocenters. The number of likely N-dealkylation sites (N-methyl/N-ethyl adjacent to an activating group) is 1. The fraction of sp³-hybridized carbons (Fsp3) is 0.350. The molecule has 0 aliphatic carbocycles. The lowest BCUT2D eigenvalue weighted by Gasteiger charge is -2.24. The van der Waals surface area contributed by atoms with Gasteiger partial charge in [-0.1, -0.05) is 18.2 Å². The number of hydrogen-bond donors (Lipinski definition) is 2. The third-order valence-electron chi connectivity index (χ3n) is 4.90. The predicted octanol–water partition coefficient (Wildman–Crippen LogP) is 2.96. The first-order valence-electron chi connectivity index (χ1n) is 8.96.